The molecule has 2 aliphatic heterocycles. The number of nitrogens with one attached hydrogen (secondary N) is 1. The summed E-state index contributed by atoms with van der Waals surface area (Å²) in [6.07, 6.45) is 1.80. The van der Waals surface area contributed by atoms with Crippen molar-refractivity contribution in [2.75, 3.05) is 13.1 Å². The number of aliphatic hydroxyl groups is 1. The van der Waals surface area contributed by atoms with Crippen LogP contribution in [-0.4, -0.2) is 74.6 Å². The molecule has 9 nitrogen and oxygen atoms in total. The monoisotopic (exact) mass is 544 g/mol. The van der Waals surface area contributed by atoms with Crippen molar-refractivity contribution < 1.29 is 23.9 Å². The summed E-state index contributed by atoms with van der Waals surface area (Å²) >= 11 is 0. The molecule has 0 aliphatic carbocycles. The van der Waals surface area contributed by atoms with Crippen LogP contribution in [0, 0.1) is 0 Å². The first kappa shape index (κ1) is 29.0. The fraction of sp³-hybridized carbons (Fsp3) is 0.621. The van der Waals surface area contributed by atoms with Gasteiger partial charge in [-0.2, -0.15) is 5.12 Å². The summed E-state index contributed by atoms with van der Waals surface area (Å²) in [5, 5.41) is 14.2. The summed E-state index contributed by atoms with van der Waals surface area (Å²) in [7, 11) is 0. The Labute approximate surface area is 228 Å². The molecule has 0 radical (unpaired) electrons. The van der Waals surface area contributed by atoms with Crippen LogP contribution < -0.4 is 10.9 Å². The number of piperidine rings is 1. The van der Waals surface area contributed by atoms with Crippen LogP contribution in [0.5, 0.6) is 0 Å². The lowest BCUT2D eigenvalue weighted by Gasteiger charge is -2.41. The first-order valence-corrected chi connectivity index (χ1v) is 13.9. The number of para-hydroxylation sites is 1. The van der Waals surface area contributed by atoms with E-state index in [2.05, 4.69) is 10.2 Å². The predicted octanol–water partition coefficient (Wildman–Crippen LogP) is 4.18. The average molecular weight is 545 g/mol. The highest BCUT2D eigenvalue weighted by molar-refractivity contribution is 5.97. The molecule has 39 heavy (non-hydrogen) atoms. The Balaban J connectivity index is 1.38. The molecule has 1 aromatic heterocycles. The zero-order valence-corrected chi connectivity index (χ0v) is 23.5. The topological polar surface area (TPSA) is 104 Å². The van der Waals surface area contributed by atoms with E-state index in [-0.39, 0.29) is 35.4 Å². The van der Waals surface area contributed by atoms with E-state index in [1.807, 2.05) is 38.1 Å². The van der Waals surface area contributed by atoms with Crippen LogP contribution in [0.15, 0.2) is 35.1 Å². The van der Waals surface area contributed by atoms with Gasteiger partial charge in [-0.05, 0) is 84.2 Å². The van der Waals surface area contributed by atoms with Gasteiger partial charge in [-0.1, -0.05) is 22.7 Å². The van der Waals surface area contributed by atoms with Crippen molar-refractivity contribution >= 4 is 22.9 Å². The first-order valence-electron chi connectivity index (χ1n) is 13.9. The molecule has 10 heteroatoms. The predicted molar refractivity (Wildman–Crippen MR) is 147 cm³/mol. The van der Waals surface area contributed by atoms with Crippen LogP contribution in [0.25, 0.3) is 10.9 Å². The van der Waals surface area contributed by atoms with E-state index in [1.54, 1.807) is 25.3 Å². The molecule has 214 valence electrons. The van der Waals surface area contributed by atoms with Crippen molar-refractivity contribution in [3.63, 3.8) is 0 Å². The van der Waals surface area contributed by atoms with Gasteiger partial charge in [-0.15, -0.1) is 0 Å². The van der Waals surface area contributed by atoms with Gasteiger partial charge < -0.3 is 19.7 Å². The Bertz CT molecular complexity index is 1240. The number of benzene rings is 1. The zero-order chi connectivity index (χ0) is 28.5. The summed E-state index contributed by atoms with van der Waals surface area (Å²) in [6.45, 7) is 9.80. The van der Waals surface area contributed by atoms with Gasteiger partial charge in [0.1, 0.15) is 11.2 Å². The van der Waals surface area contributed by atoms with Crippen molar-refractivity contribution in [1.82, 2.24) is 19.9 Å². The number of ether oxygens (including phenoxy) is 1. The van der Waals surface area contributed by atoms with Gasteiger partial charge in [0.2, 0.25) is 0 Å². The molecule has 2 saturated heterocycles. The van der Waals surface area contributed by atoms with Crippen LogP contribution in [0.4, 0.5) is 9.28 Å². The molecule has 1 aromatic carbocycles. The molecule has 2 amide bonds. The van der Waals surface area contributed by atoms with Crippen LogP contribution in [0.2, 0.25) is 0 Å². The smallest absolute Gasteiger partial charge is 0.407 e. The Hall–Kier alpha value is -2.98. The molecule has 2 fully saturated rings. The van der Waals surface area contributed by atoms with Gasteiger partial charge >= 0.3 is 6.09 Å². The Morgan fingerprint density at radius 3 is 2.44 bits per heavy atom. The van der Waals surface area contributed by atoms with Gasteiger partial charge in [0.05, 0.1) is 17.7 Å². The SMILES string of the molecule is CC(C)n1c(=O)c(C(=O)N(F)C2C[C@H]3CC[C@@H](C2)N3CC(O)CCNC(=O)OC(C)(C)C)cc2ccccc21. The number of amides is 2. The van der Waals surface area contributed by atoms with E-state index >= 15 is 4.48 Å². The third kappa shape index (κ3) is 6.61. The number of carbonyl (C=O) groups excluding carboxylic acids is 2. The molecule has 2 aliphatic rings. The number of rotatable bonds is 8. The van der Waals surface area contributed by atoms with Crippen LogP contribution >= 0.6 is 0 Å². The molecular weight excluding hydrogens is 503 g/mol. The Kier molecular flexibility index (Phi) is 8.66. The molecule has 2 N–H and O–H groups in total. The number of pyridine rings is 1. The second-order valence-electron chi connectivity index (χ2n) is 12.1. The maximum absolute atomic E-state index is 15.6. The van der Waals surface area contributed by atoms with Gasteiger partial charge in [-0.25, -0.2) is 4.79 Å². The number of fused-ring (bicyclic) bond motifs is 3. The molecule has 2 aromatic rings. The highest BCUT2D eigenvalue weighted by atomic mass is 19.2. The summed E-state index contributed by atoms with van der Waals surface area (Å²) in [4.78, 5) is 40.5. The lowest BCUT2D eigenvalue weighted by atomic mass is 9.96. The Morgan fingerprint density at radius 1 is 1.18 bits per heavy atom. The minimum Gasteiger partial charge on any atom is -0.444 e. The third-order valence-corrected chi connectivity index (χ3v) is 7.63. The molecule has 3 heterocycles. The van der Waals surface area contributed by atoms with E-state index in [0.29, 0.717) is 36.7 Å². The van der Waals surface area contributed by atoms with E-state index in [4.69, 9.17) is 4.74 Å². The fourth-order valence-corrected chi connectivity index (χ4v) is 5.95. The van der Waals surface area contributed by atoms with Crippen molar-refractivity contribution in [3.8, 4) is 0 Å². The summed E-state index contributed by atoms with van der Waals surface area (Å²) in [5.74, 6) is -0.897. The molecule has 0 spiro atoms. The van der Waals surface area contributed by atoms with Gasteiger partial charge in [-0.3, -0.25) is 14.5 Å². The molecule has 2 bridgehead atoms. The maximum Gasteiger partial charge on any atom is 0.407 e. The number of aromatic nitrogens is 1. The second-order valence-corrected chi connectivity index (χ2v) is 12.1. The van der Waals surface area contributed by atoms with Crippen molar-refractivity contribution in [2.24, 2.45) is 0 Å². The van der Waals surface area contributed by atoms with Crippen LogP contribution in [-0.2, 0) is 4.74 Å². The number of halogens is 1. The zero-order valence-electron chi connectivity index (χ0n) is 23.5. The molecule has 0 saturated carbocycles. The number of carbonyl (C=O) groups is 2. The van der Waals surface area contributed by atoms with Crippen molar-refractivity contribution in [2.45, 2.75) is 103 Å². The first-order chi connectivity index (χ1) is 18.4. The highest BCUT2D eigenvalue weighted by Crippen LogP contribution is 2.38. The third-order valence-electron chi connectivity index (χ3n) is 7.63. The highest BCUT2D eigenvalue weighted by Gasteiger charge is 2.44. The standard InChI is InChI=1S/C29H41FN4O5/c1-18(2)33-25-9-7-6-8-19(25)14-24(26(33)36)27(37)34(30)22-15-20-10-11-21(16-22)32(20)17-23(35)12-13-31-28(38)39-29(3,4)5/h6-9,14,18,20-23,35H,10-13,15-17H2,1-5H3,(H,31,38)/t20-,21+,22?,23?. The van der Waals surface area contributed by atoms with Crippen LogP contribution in [0.3, 0.4) is 0 Å². The van der Waals surface area contributed by atoms with Crippen LogP contribution in [0.1, 0.15) is 83.1 Å². The minimum absolute atomic E-state index is 0.0391. The molecule has 2 unspecified atom stereocenters. The minimum atomic E-state index is -0.897. The van der Waals surface area contributed by atoms with E-state index in [0.717, 1.165) is 12.8 Å². The number of aliphatic hydroxyl groups excluding tert-OH is 1. The van der Waals surface area contributed by atoms with Gasteiger partial charge in [0.25, 0.3) is 11.5 Å². The van der Waals surface area contributed by atoms with E-state index in [9.17, 15) is 19.5 Å². The lowest BCUT2D eigenvalue weighted by molar-refractivity contribution is -0.0436. The molecular formula is C29H41FN4O5. The average Bonchev–Trinajstić information content (AvgIpc) is 3.07. The van der Waals surface area contributed by atoms with E-state index < -0.39 is 35.3 Å². The van der Waals surface area contributed by atoms with Crippen molar-refractivity contribution in [1.29, 1.82) is 0 Å². The van der Waals surface area contributed by atoms with Gasteiger partial charge in [0, 0.05) is 31.2 Å². The van der Waals surface area contributed by atoms with Gasteiger partial charge in [0.15, 0.2) is 0 Å². The second kappa shape index (κ2) is 11.6. The van der Waals surface area contributed by atoms with E-state index in [1.165, 1.54) is 6.07 Å². The van der Waals surface area contributed by atoms with Crippen molar-refractivity contribution in [3.05, 3.63) is 46.2 Å². The number of nitrogens with zero attached hydrogens (tertiary/aromatic N) is 3. The fourth-order valence-electron chi connectivity index (χ4n) is 5.95. The molecule has 4 atom stereocenters. The maximum atomic E-state index is 15.6. The quantitative estimate of drug-likeness (QED) is 0.484. The normalized spacial score (nSPS) is 22.2. The number of hydrogen-bond donors (Lipinski definition) is 2. The number of alkyl carbamates (subject to hydrolysis) is 1. The Morgan fingerprint density at radius 2 is 1.82 bits per heavy atom. The summed E-state index contributed by atoms with van der Waals surface area (Å²) in [5.41, 5.74) is -0.519. The lowest BCUT2D eigenvalue weighted by Crippen LogP contribution is -2.52. The number of hydrogen-bond acceptors (Lipinski definition) is 6. The summed E-state index contributed by atoms with van der Waals surface area (Å²) in [6, 6.07) is 8.07. The summed E-state index contributed by atoms with van der Waals surface area (Å²) < 4.78 is 22.4. The molecule has 4 rings (SSSR count). The largest absolute Gasteiger partial charge is 0.444 e.